The number of phenols is 1. The van der Waals surface area contributed by atoms with Gasteiger partial charge in [-0.25, -0.2) is 13.8 Å². The average Bonchev–Trinajstić information content (AvgIpc) is 3.02. The number of fused-ring (bicyclic) bond motifs is 1. The van der Waals surface area contributed by atoms with Gasteiger partial charge in [0.15, 0.2) is 17.4 Å². The molecular formula is C33H31Cl3F2N6O3. The molecule has 0 bridgehead atoms. The van der Waals surface area contributed by atoms with Gasteiger partial charge in [0.05, 0.1) is 33.0 Å². The van der Waals surface area contributed by atoms with Crippen LogP contribution in [-0.4, -0.2) is 56.3 Å². The van der Waals surface area contributed by atoms with Crippen LogP contribution in [0, 0.1) is 34.8 Å². The lowest BCUT2D eigenvalue weighted by atomic mass is 9.88. The molecule has 3 aromatic rings. The number of benzene rings is 1. The summed E-state index contributed by atoms with van der Waals surface area (Å²) < 4.78 is 31.9. The molecule has 0 radical (unpaired) electrons. The first-order chi connectivity index (χ1) is 22.2. The standard InChI is InChI=1S/C33H31Cl3F2N6O3/c1-7-21(45)43-16(5)12-42(13-17(43)6)30-18-10-20(34)28(22-25(37)23(35)24(36)26(38)31(22)46)41-32(18)44(33(47)19(30)11-39)29-15(4)8-9-40-27(29)14(2)3/h7-10,14-17,29,46H,1,12-13H2,2-6H3/t15-,16-,17+,29?/m1/s1. The average molecular weight is 704 g/mol. The fourth-order valence-electron chi connectivity index (χ4n) is 6.61. The third kappa shape index (κ3) is 5.56. The van der Waals surface area contributed by atoms with Crippen molar-refractivity contribution < 1.29 is 18.7 Å². The highest BCUT2D eigenvalue weighted by Gasteiger charge is 2.38. The molecule has 9 nitrogen and oxygen atoms in total. The van der Waals surface area contributed by atoms with Crippen LogP contribution in [0.3, 0.4) is 0 Å². The number of rotatable bonds is 5. The van der Waals surface area contributed by atoms with Gasteiger partial charge in [0.25, 0.3) is 5.56 Å². The van der Waals surface area contributed by atoms with E-state index in [4.69, 9.17) is 34.8 Å². The van der Waals surface area contributed by atoms with Gasteiger partial charge in [-0.2, -0.15) is 5.26 Å². The number of piperazine rings is 1. The van der Waals surface area contributed by atoms with Crippen molar-refractivity contribution in [1.29, 1.82) is 5.26 Å². The molecule has 246 valence electrons. The molecule has 0 saturated carbocycles. The van der Waals surface area contributed by atoms with Crippen LogP contribution in [0.25, 0.3) is 22.3 Å². The summed E-state index contributed by atoms with van der Waals surface area (Å²) in [6, 6.07) is 2.08. The van der Waals surface area contributed by atoms with Gasteiger partial charge < -0.3 is 14.9 Å². The Morgan fingerprint density at radius 3 is 2.34 bits per heavy atom. The SMILES string of the molecule is C=CC(=O)N1[C@H](C)CN(c2c(C#N)c(=O)n(C3C(C(C)C)=NC=C[C@H]3C)c3nc(-c4c(O)c(F)c(Cl)c(Cl)c4F)c(Cl)cc23)C[C@@H]1C. The summed E-state index contributed by atoms with van der Waals surface area (Å²) in [5.74, 6) is -4.50. The van der Waals surface area contributed by atoms with E-state index in [0.29, 0.717) is 5.71 Å². The third-order valence-corrected chi connectivity index (χ3v) is 9.74. The Labute approximate surface area is 285 Å². The quantitative estimate of drug-likeness (QED) is 0.170. The molecule has 0 spiro atoms. The van der Waals surface area contributed by atoms with E-state index >= 15 is 4.39 Å². The van der Waals surface area contributed by atoms with E-state index in [-0.39, 0.29) is 70.2 Å². The highest BCUT2D eigenvalue weighted by molar-refractivity contribution is 6.42. The number of hydrogen-bond acceptors (Lipinski definition) is 7. The number of aliphatic imine (C=N–C) groups is 1. The molecule has 4 heterocycles. The first-order valence-corrected chi connectivity index (χ1v) is 16.0. The number of nitrogens with zero attached hydrogens (tertiary/aromatic N) is 6. The van der Waals surface area contributed by atoms with E-state index in [1.807, 2.05) is 45.6 Å². The summed E-state index contributed by atoms with van der Waals surface area (Å²) in [4.78, 5) is 39.9. The molecule has 0 aliphatic carbocycles. The molecule has 2 aliphatic heterocycles. The van der Waals surface area contributed by atoms with E-state index in [9.17, 15) is 24.3 Å². The normalized spacial score (nSPS) is 21.3. The number of phenolic OH excluding ortho intramolecular Hbond substituents is 1. The summed E-state index contributed by atoms with van der Waals surface area (Å²) >= 11 is 18.5. The van der Waals surface area contributed by atoms with Crippen LogP contribution >= 0.6 is 34.8 Å². The topological polar surface area (TPSA) is 115 Å². The van der Waals surface area contributed by atoms with Crippen molar-refractivity contribution in [3.05, 3.63) is 73.6 Å². The summed E-state index contributed by atoms with van der Waals surface area (Å²) in [6.45, 7) is 13.5. The van der Waals surface area contributed by atoms with Crippen molar-refractivity contribution in [3.8, 4) is 23.1 Å². The van der Waals surface area contributed by atoms with Crippen molar-refractivity contribution in [3.63, 3.8) is 0 Å². The largest absolute Gasteiger partial charge is 0.504 e. The van der Waals surface area contributed by atoms with E-state index in [2.05, 4.69) is 22.6 Å². The lowest BCUT2D eigenvalue weighted by Gasteiger charge is -2.45. The Morgan fingerprint density at radius 1 is 1.15 bits per heavy atom. The first kappa shape index (κ1) is 34.4. The number of pyridine rings is 2. The fraction of sp³-hybridized carbons (Fsp3) is 0.364. The van der Waals surface area contributed by atoms with Gasteiger partial charge in [0.2, 0.25) is 5.91 Å². The predicted octanol–water partition coefficient (Wildman–Crippen LogP) is 7.29. The van der Waals surface area contributed by atoms with E-state index < -0.39 is 50.3 Å². The van der Waals surface area contributed by atoms with Gasteiger partial charge in [-0.1, -0.05) is 68.2 Å². The number of aromatic hydroxyl groups is 1. The van der Waals surface area contributed by atoms with Crippen molar-refractivity contribution >= 4 is 63.1 Å². The van der Waals surface area contributed by atoms with Crippen molar-refractivity contribution in [2.24, 2.45) is 16.8 Å². The Kier molecular flexibility index (Phi) is 9.43. The van der Waals surface area contributed by atoms with Gasteiger partial charge in [-0.05, 0) is 31.9 Å². The monoisotopic (exact) mass is 702 g/mol. The molecule has 47 heavy (non-hydrogen) atoms. The highest BCUT2D eigenvalue weighted by atomic mass is 35.5. The van der Waals surface area contributed by atoms with Crippen molar-refractivity contribution in [2.75, 3.05) is 18.0 Å². The second kappa shape index (κ2) is 12.9. The minimum absolute atomic E-state index is 0.0147. The highest BCUT2D eigenvalue weighted by Crippen LogP contribution is 2.46. The maximum Gasteiger partial charge on any atom is 0.272 e. The zero-order valence-corrected chi connectivity index (χ0v) is 28.4. The lowest BCUT2D eigenvalue weighted by molar-refractivity contribution is -0.130. The van der Waals surface area contributed by atoms with Crippen LogP contribution in [-0.2, 0) is 4.79 Å². The van der Waals surface area contributed by atoms with E-state index in [1.54, 1.807) is 11.1 Å². The molecule has 14 heteroatoms. The van der Waals surface area contributed by atoms with Gasteiger partial charge in [0.1, 0.15) is 22.3 Å². The van der Waals surface area contributed by atoms with Crippen LogP contribution in [0.2, 0.25) is 15.1 Å². The van der Waals surface area contributed by atoms with Crippen LogP contribution in [0.1, 0.15) is 46.2 Å². The molecule has 2 aromatic heterocycles. The number of anilines is 1. The Morgan fingerprint density at radius 2 is 1.77 bits per heavy atom. The molecule has 1 amide bonds. The zero-order valence-electron chi connectivity index (χ0n) is 26.2. The zero-order chi connectivity index (χ0) is 34.6. The number of halogens is 5. The number of carbonyl (C=O) groups is 1. The maximum absolute atomic E-state index is 15.6. The van der Waals surface area contributed by atoms with Gasteiger partial charge >= 0.3 is 0 Å². The Balaban J connectivity index is 1.91. The summed E-state index contributed by atoms with van der Waals surface area (Å²) in [7, 11) is 0. The molecule has 4 atom stereocenters. The number of allylic oxidation sites excluding steroid dienone is 1. The van der Waals surface area contributed by atoms with Gasteiger partial charge in [-0.15, -0.1) is 0 Å². The third-order valence-electron chi connectivity index (χ3n) is 8.65. The minimum atomic E-state index is -1.38. The van der Waals surface area contributed by atoms with Gasteiger partial charge in [0, 0.05) is 48.4 Å². The number of hydrogen-bond donors (Lipinski definition) is 1. The van der Waals surface area contributed by atoms with E-state index in [1.165, 1.54) is 16.7 Å². The molecular weight excluding hydrogens is 673 g/mol. The van der Waals surface area contributed by atoms with E-state index in [0.717, 1.165) is 0 Å². The molecule has 1 N–H and O–H groups in total. The number of nitriles is 1. The molecule has 1 fully saturated rings. The van der Waals surface area contributed by atoms with Crippen LogP contribution < -0.4 is 10.5 Å². The summed E-state index contributed by atoms with van der Waals surface area (Å²) in [6.07, 6.45) is 4.70. The molecule has 2 aliphatic rings. The Hall–Kier alpha value is -3.98. The van der Waals surface area contributed by atoms with Crippen molar-refractivity contribution in [1.82, 2.24) is 14.5 Å². The lowest BCUT2D eigenvalue weighted by Crippen LogP contribution is -2.58. The molecule has 1 aromatic carbocycles. The first-order valence-electron chi connectivity index (χ1n) is 14.8. The fourth-order valence-corrected chi connectivity index (χ4v) is 7.20. The number of aromatic nitrogens is 2. The number of amides is 1. The van der Waals surface area contributed by atoms with Crippen molar-refractivity contribution in [2.45, 2.75) is 52.7 Å². The van der Waals surface area contributed by atoms with Crippen LogP contribution in [0.4, 0.5) is 14.5 Å². The van der Waals surface area contributed by atoms with Gasteiger partial charge in [-0.3, -0.25) is 19.1 Å². The smallest absolute Gasteiger partial charge is 0.272 e. The molecule has 5 rings (SSSR count). The summed E-state index contributed by atoms with van der Waals surface area (Å²) in [5, 5.41) is 19.6. The minimum Gasteiger partial charge on any atom is -0.504 e. The Bertz CT molecular complexity index is 1960. The molecule has 1 unspecified atom stereocenters. The van der Waals surface area contributed by atoms with Crippen LogP contribution in [0.15, 0.2) is 40.8 Å². The second-order valence-corrected chi connectivity index (χ2v) is 13.2. The summed E-state index contributed by atoms with van der Waals surface area (Å²) in [5.41, 5.74) is -1.19. The number of carbonyl (C=O) groups excluding carboxylic acids is 1. The van der Waals surface area contributed by atoms with Crippen LogP contribution in [0.5, 0.6) is 5.75 Å². The second-order valence-electron chi connectivity index (χ2n) is 12.1. The predicted molar refractivity (Wildman–Crippen MR) is 181 cm³/mol. The molecule has 1 saturated heterocycles. The maximum atomic E-state index is 15.6.